The molecule has 8 heteroatoms. The number of piperazine rings is 1. The maximum absolute atomic E-state index is 14.0. The number of aliphatic imine (C=N–C) groups is 1. The van der Waals surface area contributed by atoms with Crippen molar-refractivity contribution in [2.24, 2.45) is 10.9 Å². The number of likely N-dealkylation sites (tertiary alicyclic amines) is 1. The van der Waals surface area contributed by atoms with E-state index in [0.29, 0.717) is 5.92 Å². The molecule has 31 heavy (non-hydrogen) atoms. The Kier molecular flexibility index (Phi) is 11.9. The largest absolute Gasteiger partial charge is 0.381 e. The number of nitrogens with zero attached hydrogens (tertiary/aromatic N) is 4. The lowest BCUT2D eigenvalue weighted by atomic mass is 10.1. The average Bonchev–Trinajstić information content (AvgIpc) is 3.24. The van der Waals surface area contributed by atoms with Crippen LogP contribution in [0.2, 0.25) is 0 Å². The fraction of sp³-hybridized carbons (Fsp3) is 0.696. The van der Waals surface area contributed by atoms with Gasteiger partial charge < -0.3 is 19.9 Å². The molecule has 2 aliphatic rings. The number of para-hydroxylation sites is 1. The lowest BCUT2D eigenvalue weighted by Gasteiger charge is -2.36. The molecule has 2 fully saturated rings. The second kappa shape index (κ2) is 14.1. The Hall–Kier alpha value is -1.13. The number of rotatable bonds is 9. The van der Waals surface area contributed by atoms with Crippen LogP contribution < -0.4 is 10.2 Å². The molecular formula is C23H39FIN5O. The number of hydrogen-bond donors (Lipinski definition) is 1. The zero-order valence-electron chi connectivity index (χ0n) is 19.1. The standard InChI is InChI=1S/C23H38FN5O.HI/c1-3-25-23(29-13-10-20(18-29)19-30-4-2)26-11-7-12-27-14-16-28(17-15-27)22-9-6-5-8-21(22)24;/h5-6,8-9,20H,3-4,7,10-19H2,1-2H3,(H,25,26);1H. The Morgan fingerprint density at radius 3 is 2.65 bits per heavy atom. The highest BCUT2D eigenvalue weighted by Crippen LogP contribution is 2.20. The molecule has 0 spiro atoms. The van der Waals surface area contributed by atoms with Crippen LogP contribution in [0.4, 0.5) is 10.1 Å². The molecule has 1 unspecified atom stereocenters. The number of halogens is 2. The first-order valence-corrected chi connectivity index (χ1v) is 11.5. The molecule has 6 nitrogen and oxygen atoms in total. The predicted molar refractivity (Wildman–Crippen MR) is 137 cm³/mol. The van der Waals surface area contributed by atoms with Gasteiger partial charge in [-0.3, -0.25) is 9.89 Å². The van der Waals surface area contributed by atoms with Crippen molar-refractivity contribution < 1.29 is 9.13 Å². The van der Waals surface area contributed by atoms with Crippen LogP contribution in [0.5, 0.6) is 0 Å². The van der Waals surface area contributed by atoms with Gasteiger partial charge in [0.1, 0.15) is 5.82 Å². The van der Waals surface area contributed by atoms with Crippen LogP contribution in [-0.2, 0) is 4.74 Å². The molecule has 2 saturated heterocycles. The van der Waals surface area contributed by atoms with E-state index in [1.165, 1.54) is 6.42 Å². The summed E-state index contributed by atoms with van der Waals surface area (Å²) in [7, 11) is 0. The van der Waals surface area contributed by atoms with Crippen molar-refractivity contribution in [3.63, 3.8) is 0 Å². The molecule has 0 aliphatic carbocycles. The van der Waals surface area contributed by atoms with Gasteiger partial charge in [-0.15, -0.1) is 24.0 Å². The minimum atomic E-state index is -0.123. The fourth-order valence-electron chi connectivity index (χ4n) is 4.27. The first kappa shape index (κ1) is 26.1. The Morgan fingerprint density at radius 1 is 1.16 bits per heavy atom. The molecule has 0 aromatic heterocycles. The molecule has 1 N–H and O–H groups in total. The van der Waals surface area contributed by atoms with Crippen LogP contribution in [0.15, 0.2) is 29.3 Å². The van der Waals surface area contributed by atoms with Crippen LogP contribution in [0.3, 0.4) is 0 Å². The van der Waals surface area contributed by atoms with Crippen molar-refractivity contribution in [2.75, 3.05) is 77.0 Å². The van der Waals surface area contributed by atoms with Gasteiger partial charge in [0.2, 0.25) is 0 Å². The van der Waals surface area contributed by atoms with E-state index in [4.69, 9.17) is 9.73 Å². The predicted octanol–water partition coefficient (Wildman–Crippen LogP) is 3.28. The molecule has 1 atom stereocenters. The Bertz CT molecular complexity index is 669. The van der Waals surface area contributed by atoms with E-state index in [2.05, 4.69) is 33.9 Å². The van der Waals surface area contributed by atoms with Gasteiger partial charge in [0.05, 0.1) is 12.3 Å². The van der Waals surface area contributed by atoms with E-state index in [-0.39, 0.29) is 29.8 Å². The maximum atomic E-state index is 14.0. The minimum Gasteiger partial charge on any atom is -0.381 e. The molecule has 176 valence electrons. The van der Waals surface area contributed by atoms with Crippen molar-refractivity contribution >= 4 is 35.6 Å². The number of guanidine groups is 1. The van der Waals surface area contributed by atoms with E-state index in [1.807, 2.05) is 12.1 Å². The number of ether oxygens (including phenoxy) is 1. The Balaban J connectivity index is 0.00000341. The minimum absolute atomic E-state index is 0. The second-order valence-corrected chi connectivity index (χ2v) is 8.13. The summed E-state index contributed by atoms with van der Waals surface area (Å²) in [5.74, 6) is 1.53. The van der Waals surface area contributed by atoms with E-state index in [1.54, 1.807) is 12.1 Å². The molecule has 3 rings (SSSR count). The molecule has 2 heterocycles. The Morgan fingerprint density at radius 2 is 1.94 bits per heavy atom. The van der Waals surface area contributed by atoms with Crippen molar-refractivity contribution in [1.29, 1.82) is 0 Å². The zero-order chi connectivity index (χ0) is 21.2. The van der Waals surface area contributed by atoms with Crippen molar-refractivity contribution in [1.82, 2.24) is 15.1 Å². The van der Waals surface area contributed by atoms with Gasteiger partial charge >= 0.3 is 0 Å². The van der Waals surface area contributed by atoms with E-state index < -0.39 is 0 Å². The summed E-state index contributed by atoms with van der Waals surface area (Å²) in [6.07, 6.45) is 2.22. The number of benzene rings is 1. The van der Waals surface area contributed by atoms with Gasteiger partial charge in [0, 0.05) is 71.4 Å². The number of nitrogens with one attached hydrogen (secondary N) is 1. The number of anilines is 1. The molecule has 0 amide bonds. The highest BCUT2D eigenvalue weighted by molar-refractivity contribution is 14.0. The third-order valence-electron chi connectivity index (χ3n) is 5.94. The Labute approximate surface area is 204 Å². The highest BCUT2D eigenvalue weighted by Gasteiger charge is 2.25. The molecule has 1 aromatic carbocycles. The van der Waals surface area contributed by atoms with Gasteiger partial charge in [-0.05, 0) is 38.8 Å². The van der Waals surface area contributed by atoms with Crippen LogP contribution in [-0.4, -0.2) is 87.9 Å². The van der Waals surface area contributed by atoms with Crippen molar-refractivity contribution in [2.45, 2.75) is 26.7 Å². The number of hydrogen-bond acceptors (Lipinski definition) is 4. The second-order valence-electron chi connectivity index (χ2n) is 8.13. The van der Waals surface area contributed by atoms with E-state index in [9.17, 15) is 4.39 Å². The summed E-state index contributed by atoms with van der Waals surface area (Å²) in [4.78, 5) is 11.9. The first-order valence-electron chi connectivity index (χ1n) is 11.5. The monoisotopic (exact) mass is 547 g/mol. The quantitative estimate of drug-likeness (QED) is 0.223. The summed E-state index contributed by atoms with van der Waals surface area (Å²) in [6.45, 7) is 14.4. The van der Waals surface area contributed by atoms with Gasteiger partial charge in [0.25, 0.3) is 0 Å². The van der Waals surface area contributed by atoms with Gasteiger partial charge in [-0.25, -0.2) is 4.39 Å². The third-order valence-corrected chi connectivity index (χ3v) is 5.94. The molecule has 0 bridgehead atoms. The first-order chi connectivity index (χ1) is 14.7. The highest BCUT2D eigenvalue weighted by atomic mass is 127. The summed E-state index contributed by atoms with van der Waals surface area (Å²) in [6, 6.07) is 7.07. The smallest absolute Gasteiger partial charge is 0.193 e. The molecule has 0 saturated carbocycles. The van der Waals surface area contributed by atoms with Gasteiger partial charge in [-0.2, -0.15) is 0 Å². The van der Waals surface area contributed by atoms with Crippen LogP contribution >= 0.6 is 24.0 Å². The zero-order valence-corrected chi connectivity index (χ0v) is 21.4. The van der Waals surface area contributed by atoms with Crippen molar-refractivity contribution in [3.8, 4) is 0 Å². The third kappa shape index (κ3) is 8.05. The van der Waals surface area contributed by atoms with E-state index in [0.717, 1.165) is 90.2 Å². The summed E-state index contributed by atoms with van der Waals surface area (Å²) in [5.41, 5.74) is 0.727. The maximum Gasteiger partial charge on any atom is 0.193 e. The SMILES string of the molecule is CCNC(=NCCCN1CCN(c2ccccc2F)CC1)N1CCC(COCC)C1.I. The molecule has 1 aromatic rings. The molecule has 2 aliphatic heterocycles. The molecule has 0 radical (unpaired) electrons. The van der Waals surface area contributed by atoms with Crippen LogP contribution in [0.25, 0.3) is 0 Å². The summed E-state index contributed by atoms with van der Waals surface area (Å²) >= 11 is 0. The topological polar surface area (TPSA) is 43.3 Å². The summed E-state index contributed by atoms with van der Waals surface area (Å²) < 4.78 is 19.6. The van der Waals surface area contributed by atoms with Gasteiger partial charge in [-0.1, -0.05) is 12.1 Å². The van der Waals surface area contributed by atoms with Crippen LogP contribution in [0, 0.1) is 11.7 Å². The van der Waals surface area contributed by atoms with E-state index >= 15 is 0 Å². The summed E-state index contributed by atoms with van der Waals surface area (Å²) in [5, 5.41) is 3.45. The normalized spacial score (nSPS) is 20.1. The lowest BCUT2D eigenvalue weighted by molar-refractivity contribution is 0.114. The van der Waals surface area contributed by atoms with Crippen LogP contribution in [0.1, 0.15) is 26.7 Å². The molecular weight excluding hydrogens is 508 g/mol. The lowest BCUT2D eigenvalue weighted by Crippen LogP contribution is -2.47. The fourth-order valence-corrected chi connectivity index (χ4v) is 4.27. The van der Waals surface area contributed by atoms with Gasteiger partial charge in [0.15, 0.2) is 5.96 Å². The average molecular weight is 548 g/mol. The van der Waals surface area contributed by atoms with Crippen molar-refractivity contribution in [3.05, 3.63) is 30.1 Å².